The van der Waals surface area contributed by atoms with Gasteiger partial charge in [0.2, 0.25) is 0 Å². The van der Waals surface area contributed by atoms with Gasteiger partial charge in [0.1, 0.15) is 4.21 Å². The summed E-state index contributed by atoms with van der Waals surface area (Å²) in [5.41, 5.74) is 4.89. The maximum absolute atomic E-state index is 12.8. The molecule has 0 aliphatic heterocycles. The molecule has 0 unspecified atom stereocenters. The van der Waals surface area contributed by atoms with Crippen LogP contribution >= 0.6 is 22.7 Å². The summed E-state index contributed by atoms with van der Waals surface area (Å²) in [4.78, 5) is 25.3. The molecule has 2 amide bonds. The summed E-state index contributed by atoms with van der Waals surface area (Å²) in [7, 11) is -3.86. The maximum atomic E-state index is 12.8. The van der Waals surface area contributed by atoms with E-state index in [0.29, 0.717) is 4.88 Å². The summed E-state index contributed by atoms with van der Waals surface area (Å²) >= 11 is 2.31. The highest BCUT2D eigenvalue weighted by Gasteiger charge is 2.21. The quantitative estimate of drug-likeness (QED) is 0.396. The number of benzene rings is 2. The zero-order valence-corrected chi connectivity index (χ0v) is 17.7. The van der Waals surface area contributed by atoms with E-state index in [2.05, 4.69) is 15.6 Å². The fourth-order valence-electron chi connectivity index (χ4n) is 2.77. The van der Waals surface area contributed by atoms with Crippen LogP contribution in [-0.4, -0.2) is 20.2 Å². The third kappa shape index (κ3) is 4.20. The van der Waals surface area contributed by atoms with E-state index < -0.39 is 21.8 Å². The fourth-order valence-corrected chi connectivity index (χ4v) is 5.46. The van der Waals surface area contributed by atoms with Crippen molar-refractivity contribution in [3.05, 3.63) is 81.9 Å². The van der Waals surface area contributed by atoms with Gasteiger partial charge in [-0.2, -0.15) is 0 Å². The topological polar surface area (TPSA) is 104 Å². The summed E-state index contributed by atoms with van der Waals surface area (Å²) < 4.78 is 28.0. The molecular weight excluding hydrogens is 442 g/mol. The average molecular weight is 458 g/mol. The van der Waals surface area contributed by atoms with Gasteiger partial charge in [-0.15, -0.1) is 22.7 Å². The third-order valence-corrected chi connectivity index (χ3v) is 7.80. The first-order valence-corrected chi connectivity index (χ1v) is 11.9. The molecule has 2 heterocycles. The minimum atomic E-state index is -3.86. The summed E-state index contributed by atoms with van der Waals surface area (Å²) in [6.07, 6.45) is 0. The van der Waals surface area contributed by atoms with E-state index in [0.717, 1.165) is 22.1 Å². The van der Waals surface area contributed by atoms with Crippen LogP contribution in [0, 0.1) is 0 Å². The molecule has 2 aromatic carbocycles. The number of hydrogen-bond donors (Lipinski definition) is 3. The van der Waals surface area contributed by atoms with Crippen LogP contribution in [-0.2, 0) is 10.0 Å². The van der Waals surface area contributed by atoms with Crippen molar-refractivity contribution in [1.82, 2.24) is 10.9 Å². The van der Waals surface area contributed by atoms with Crippen molar-refractivity contribution in [2.75, 3.05) is 4.72 Å². The number of thiophene rings is 2. The summed E-state index contributed by atoms with van der Waals surface area (Å²) in [5, 5.41) is 4.92. The van der Waals surface area contributed by atoms with Gasteiger partial charge in [-0.1, -0.05) is 36.4 Å². The summed E-state index contributed by atoms with van der Waals surface area (Å²) in [6, 6.07) is 16.9. The highest BCUT2D eigenvalue weighted by molar-refractivity contribution is 7.94. The highest BCUT2D eigenvalue weighted by atomic mass is 32.2. The largest absolute Gasteiger partial charge is 0.279 e. The van der Waals surface area contributed by atoms with Crippen LogP contribution in [0.3, 0.4) is 0 Å². The monoisotopic (exact) mass is 457 g/mol. The Morgan fingerprint density at radius 2 is 1.43 bits per heavy atom. The van der Waals surface area contributed by atoms with E-state index in [1.54, 1.807) is 41.1 Å². The van der Waals surface area contributed by atoms with Gasteiger partial charge >= 0.3 is 0 Å². The molecule has 0 saturated carbocycles. The van der Waals surface area contributed by atoms with E-state index in [1.165, 1.54) is 17.4 Å². The number of amides is 2. The molecule has 30 heavy (non-hydrogen) atoms. The Bertz CT molecular complexity index is 1310. The van der Waals surface area contributed by atoms with Crippen LogP contribution in [0.2, 0.25) is 0 Å². The van der Waals surface area contributed by atoms with E-state index in [1.807, 2.05) is 24.3 Å². The molecule has 10 heteroatoms. The van der Waals surface area contributed by atoms with Gasteiger partial charge in [-0.3, -0.25) is 25.2 Å². The Labute approximate surface area is 180 Å². The Morgan fingerprint density at radius 3 is 2.10 bits per heavy atom. The van der Waals surface area contributed by atoms with Crippen molar-refractivity contribution in [3.63, 3.8) is 0 Å². The first-order chi connectivity index (χ1) is 14.4. The molecule has 0 atom stereocenters. The van der Waals surface area contributed by atoms with Crippen LogP contribution in [0.4, 0.5) is 5.69 Å². The molecule has 0 aliphatic carbocycles. The van der Waals surface area contributed by atoms with Crippen LogP contribution in [0.15, 0.2) is 75.6 Å². The first-order valence-electron chi connectivity index (χ1n) is 8.67. The minimum absolute atomic E-state index is 0.0836. The molecule has 0 spiro atoms. The smallest absolute Gasteiger partial charge is 0.278 e. The SMILES string of the molecule is O=C(NNC(=O)c1cc2ccccc2cc1NS(=O)(=O)c1cccs1)c1cccs1. The van der Waals surface area contributed by atoms with E-state index in [4.69, 9.17) is 0 Å². The van der Waals surface area contributed by atoms with Crippen molar-refractivity contribution >= 4 is 61.0 Å². The van der Waals surface area contributed by atoms with Crippen molar-refractivity contribution in [2.24, 2.45) is 0 Å². The zero-order valence-electron chi connectivity index (χ0n) is 15.3. The highest BCUT2D eigenvalue weighted by Crippen LogP contribution is 2.27. The molecular formula is C20H15N3O4S3. The standard InChI is InChI=1S/C20H15N3O4S3/c24-19(21-22-20(25)17-7-3-9-28-17)15-11-13-5-1-2-6-14(13)12-16(15)23-30(26,27)18-8-4-10-29-18/h1-12,23H,(H,21,24)(H,22,25). The van der Waals surface area contributed by atoms with Crippen molar-refractivity contribution in [3.8, 4) is 0 Å². The van der Waals surface area contributed by atoms with E-state index >= 15 is 0 Å². The lowest BCUT2D eigenvalue weighted by Crippen LogP contribution is -2.41. The lowest BCUT2D eigenvalue weighted by molar-refractivity contribution is 0.0849. The summed E-state index contributed by atoms with van der Waals surface area (Å²) in [5.74, 6) is -1.10. The molecule has 2 aromatic heterocycles. The average Bonchev–Trinajstić information content (AvgIpc) is 3.45. The number of nitrogens with one attached hydrogen (secondary N) is 3. The third-order valence-electron chi connectivity index (χ3n) is 4.17. The molecule has 0 bridgehead atoms. The fraction of sp³-hybridized carbons (Fsp3) is 0. The zero-order chi connectivity index (χ0) is 21.1. The summed E-state index contributed by atoms with van der Waals surface area (Å²) in [6.45, 7) is 0. The molecule has 4 rings (SSSR count). The predicted octanol–water partition coefficient (Wildman–Crippen LogP) is 3.84. The number of fused-ring (bicyclic) bond motifs is 1. The first kappa shape index (κ1) is 20.1. The lowest BCUT2D eigenvalue weighted by Gasteiger charge is -2.14. The maximum Gasteiger partial charge on any atom is 0.279 e. The number of carbonyl (C=O) groups is 2. The second-order valence-electron chi connectivity index (χ2n) is 6.17. The molecule has 0 aliphatic rings. The minimum Gasteiger partial charge on any atom is -0.278 e. The Morgan fingerprint density at radius 1 is 0.767 bits per heavy atom. The Hall–Kier alpha value is -3.21. The number of hydrogen-bond acceptors (Lipinski definition) is 6. The molecule has 7 nitrogen and oxygen atoms in total. The van der Waals surface area contributed by atoms with Crippen molar-refractivity contribution in [1.29, 1.82) is 0 Å². The molecule has 0 fully saturated rings. The van der Waals surface area contributed by atoms with Crippen molar-refractivity contribution in [2.45, 2.75) is 4.21 Å². The molecule has 152 valence electrons. The van der Waals surface area contributed by atoms with Crippen LogP contribution in [0.1, 0.15) is 20.0 Å². The predicted molar refractivity (Wildman–Crippen MR) is 118 cm³/mol. The normalized spacial score (nSPS) is 11.2. The van der Waals surface area contributed by atoms with Gasteiger partial charge in [0.05, 0.1) is 16.1 Å². The molecule has 4 aromatic rings. The number of hydrazine groups is 1. The van der Waals surface area contributed by atoms with E-state index in [-0.39, 0.29) is 15.5 Å². The second-order valence-corrected chi connectivity index (χ2v) is 9.97. The van der Waals surface area contributed by atoms with Crippen molar-refractivity contribution < 1.29 is 18.0 Å². The van der Waals surface area contributed by atoms with Crippen LogP contribution < -0.4 is 15.6 Å². The van der Waals surface area contributed by atoms with Gasteiger partial charge < -0.3 is 0 Å². The van der Waals surface area contributed by atoms with E-state index in [9.17, 15) is 18.0 Å². The van der Waals surface area contributed by atoms with Crippen LogP contribution in [0.25, 0.3) is 10.8 Å². The molecule has 0 radical (unpaired) electrons. The number of carbonyl (C=O) groups excluding carboxylic acids is 2. The van der Waals surface area contributed by atoms with Gasteiger partial charge in [-0.25, -0.2) is 8.42 Å². The van der Waals surface area contributed by atoms with Gasteiger partial charge in [0.15, 0.2) is 0 Å². The number of rotatable bonds is 5. The lowest BCUT2D eigenvalue weighted by atomic mass is 10.0. The molecule has 0 saturated heterocycles. The second kappa shape index (κ2) is 8.27. The number of anilines is 1. The van der Waals surface area contributed by atoms with Gasteiger partial charge in [-0.05, 0) is 45.8 Å². The van der Waals surface area contributed by atoms with Crippen LogP contribution in [0.5, 0.6) is 0 Å². The Balaban J connectivity index is 1.66. The molecule has 3 N–H and O–H groups in total. The Kier molecular flexibility index (Phi) is 5.53. The number of sulfonamides is 1. The van der Waals surface area contributed by atoms with Gasteiger partial charge in [0.25, 0.3) is 21.8 Å². The van der Waals surface area contributed by atoms with Gasteiger partial charge in [0, 0.05) is 0 Å².